The molecule has 3 rings (SSSR count). The number of carbonyl (C=O) groups is 1. The lowest BCUT2D eigenvalue weighted by Gasteiger charge is -2.36. The number of benzene rings is 1. The molecule has 0 radical (unpaired) electrons. The van der Waals surface area contributed by atoms with Gasteiger partial charge in [-0.3, -0.25) is 4.79 Å². The molecule has 0 aliphatic carbocycles. The fraction of sp³-hybridized carbons (Fsp3) is 0.500. The Morgan fingerprint density at radius 2 is 1.74 bits per heavy atom. The van der Waals surface area contributed by atoms with Gasteiger partial charge in [0.2, 0.25) is 5.91 Å². The van der Waals surface area contributed by atoms with Crippen molar-refractivity contribution in [1.29, 1.82) is 0 Å². The van der Waals surface area contributed by atoms with Crippen LogP contribution in [0.5, 0.6) is 0 Å². The van der Waals surface area contributed by atoms with E-state index < -0.39 is 0 Å². The van der Waals surface area contributed by atoms with E-state index in [2.05, 4.69) is 48.0 Å². The van der Waals surface area contributed by atoms with Crippen molar-refractivity contribution in [2.24, 2.45) is 0 Å². The van der Waals surface area contributed by atoms with Crippen LogP contribution in [0.3, 0.4) is 0 Å². The molecule has 0 unspecified atom stereocenters. The average molecular weight is 367 g/mol. The second-order valence-corrected chi connectivity index (χ2v) is 7.29. The maximum absolute atomic E-state index is 12.3. The minimum Gasteiger partial charge on any atom is -0.353 e. The van der Waals surface area contributed by atoms with Gasteiger partial charge in [0.1, 0.15) is 11.6 Å². The van der Waals surface area contributed by atoms with Crippen LogP contribution in [0.4, 0.5) is 5.82 Å². The highest BCUT2D eigenvalue weighted by Gasteiger charge is 2.24. The second-order valence-electron chi connectivity index (χ2n) is 7.29. The van der Waals surface area contributed by atoms with E-state index in [1.165, 1.54) is 11.1 Å². The quantitative estimate of drug-likeness (QED) is 0.785. The Hall–Kier alpha value is -2.43. The van der Waals surface area contributed by atoms with Gasteiger partial charge in [0.05, 0.1) is 0 Å². The lowest BCUT2D eigenvalue weighted by atomic mass is 10.0. The summed E-state index contributed by atoms with van der Waals surface area (Å²) in [6.07, 6.45) is 3.54. The van der Waals surface area contributed by atoms with Crippen molar-refractivity contribution in [2.75, 3.05) is 31.1 Å². The molecule has 2 aromatic rings. The van der Waals surface area contributed by atoms with Crippen molar-refractivity contribution in [1.82, 2.24) is 14.9 Å². The van der Waals surface area contributed by atoms with Crippen LogP contribution in [0.1, 0.15) is 48.8 Å². The Labute approximate surface area is 162 Å². The molecule has 5 heteroatoms. The summed E-state index contributed by atoms with van der Waals surface area (Å²) in [5.41, 5.74) is 3.50. The summed E-state index contributed by atoms with van der Waals surface area (Å²) >= 11 is 0. The second kappa shape index (κ2) is 8.98. The molecule has 1 aromatic heterocycles. The fourth-order valence-corrected chi connectivity index (χ4v) is 3.64. The van der Waals surface area contributed by atoms with Gasteiger partial charge in [-0.05, 0) is 25.8 Å². The lowest BCUT2D eigenvalue weighted by molar-refractivity contribution is -0.131. The van der Waals surface area contributed by atoms with Gasteiger partial charge in [-0.2, -0.15) is 0 Å². The van der Waals surface area contributed by atoms with E-state index in [9.17, 15) is 4.79 Å². The third-order valence-corrected chi connectivity index (χ3v) is 5.20. The van der Waals surface area contributed by atoms with Gasteiger partial charge in [-0.15, -0.1) is 0 Å². The molecule has 5 nitrogen and oxygen atoms in total. The summed E-state index contributed by atoms with van der Waals surface area (Å²) in [6.45, 7) is 9.35. The predicted molar refractivity (Wildman–Crippen MR) is 109 cm³/mol. The van der Waals surface area contributed by atoms with Crippen LogP contribution in [0.25, 0.3) is 0 Å². The number of aryl methyl sites for hydroxylation is 2. The van der Waals surface area contributed by atoms with E-state index >= 15 is 0 Å². The third-order valence-electron chi connectivity index (χ3n) is 5.20. The smallest absolute Gasteiger partial charge is 0.222 e. The molecule has 1 aliphatic heterocycles. The highest BCUT2D eigenvalue weighted by molar-refractivity contribution is 5.76. The molecule has 0 spiro atoms. The van der Waals surface area contributed by atoms with Gasteiger partial charge in [-0.25, -0.2) is 9.97 Å². The largest absolute Gasteiger partial charge is 0.353 e. The van der Waals surface area contributed by atoms with Crippen molar-refractivity contribution in [2.45, 2.75) is 46.5 Å². The number of nitrogens with zero attached hydrogens (tertiary/aromatic N) is 4. The number of aromatic nitrogens is 2. The number of hydrogen-bond acceptors (Lipinski definition) is 4. The van der Waals surface area contributed by atoms with Crippen molar-refractivity contribution < 1.29 is 4.79 Å². The van der Waals surface area contributed by atoms with Crippen molar-refractivity contribution in [3.05, 3.63) is 53.0 Å². The maximum atomic E-state index is 12.3. The SMILES string of the molecule is CCCCC(=O)N1CCN(c2nc(C)nc(C)c2Cc2ccccc2)CC1. The van der Waals surface area contributed by atoms with Gasteiger partial charge in [0.15, 0.2) is 0 Å². The first-order chi connectivity index (χ1) is 13.1. The molecule has 0 bridgehead atoms. The summed E-state index contributed by atoms with van der Waals surface area (Å²) in [4.78, 5) is 26.0. The first-order valence-corrected chi connectivity index (χ1v) is 9.99. The fourth-order valence-electron chi connectivity index (χ4n) is 3.64. The van der Waals surface area contributed by atoms with Gasteiger partial charge in [0, 0.05) is 50.3 Å². The molecule has 1 amide bonds. The Bertz CT molecular complexity index is 767. The first-order valence-electron chi connectivity index (χ1n) is 9.99. The van der Waals surface area contributed by atoms with Crippen LogP contribution in [-0.2, 0) is 11.2 Å². The number of carbonyl (C=O) groups excluding carboxylic acids is 1. The average Bonchev–Trinajstić information content (AvgIpc) is 2.69. The summed E-state index contributed by atoms with van der Waals surface area (Å²) in [7, 11) is 0. The zero-order valence-electron chi connectivity index (χ0n) is 16.7. The molecular weight excluding hydrogens is 336 g/mol. The zero-order valence-corrected chi connectivity index (χ0v) is 16.7. The van der Waals surface area contributed by atoms with Crippen molar-refractivity contribution in [3.8, 4) is 0 Å². The van der Waals surface area contributed by atoms with E-state index in [-0.39, 0.29) is 5.91 Å². The minimum atomic E-state index is 0.288. The highest BCUT2D eigenvalue weighted by Crippen LogP contribution is 2.25. The normalized spacial score (nSPS) is 14.5. The van der Waals surface area contributed by atoms with Gasteiger partial charge >= 0.3 is 0 Å². The summed E-state index contributed by atoms with van der Waals surface area (Å²) in [5, 5.41) is 0. The molecule has 1 fully saturated rings. The standard InChI is InChI=1S/C22H30N4O/c1-4-5-11-21(27)25-12-14-26(15-13-25)22-20(17(2)23-18(3)24-22)16-19-9-7-6-8-10-19/h6-10H,4-5,11-16H2,1-3H3. The maximum Gasteiger partial charge on any atom is 0.222 e. The number of piperazine rings is 1. The van der Waals surface area contributed by atoms with Crippen LogP contribution in [0.15, 0.2) is 30.3 Å². The van der Waals surface area contributed by atoms with Crippen LogP contribution < -0.4 is 4.90 Å². The van der Waals surface area contributed by atoms with Crippen LogP contribution in [0.2, 0.25) is 0 Å². The molecule has 1 saturated heterocycles. The Balaban J connectivity index is 1.76. The topological polar surface area (TPSA) is 49.3 Å². The molecule has 1 aromatic carbocycles. The van der Waals surface area contributed by atoms with Crippen LogP contribution >= 0.6 is 0 Å². The monoisotopic (exact) mass is 366 g/mol. The van der Waals surface area contributed by atoms with Gasteiger partial charge in [0.25, 0.3) is 0 Å². The molecule has 0 atom stereocenters. The van der Waals surface area contributed by atoms with E-state index in [4.69, 9.17) is 4.98 Å². The number of anilines is 1. The Kier molecular flexibility index (Phi) is 6.43. The molecule has 144 valence electrons. The third kappa shape index (κ3) is 4.85. The van der Waals surface area contributed by atoms with E-state index in [0.29, 0.717) is 6.42 Å². The number of hydrogen-bond donors (Lipinski definition) is 0. The highest BCUT2D eigenvalue weighted by atomic mass is 16.2. The Morgan fingerprint density at radius 3 is 2.41 bits per heavy atom. The number of unbranched alkanes of at least 4 members (excludes halogenated alkanes) is 1. The van der Waals surface area contributed by atoms with E-state index in [0.717, 1.165) is 62.8 Å². The lowest BCUT2D eigenvalue weighted by Crippen LogP contribution is -2.49. The summed E-state index contributed by atoms with van der Waals surface area (Å²) < 4.78 is 0. The molecule has 2 heterocycles. The van der Waals surface area contributed by atoms with Crippen molar-refractivity contribution >= 4 is 11.7 Å². The summed E-state index contributed by atoms with van der Waals surface area (Å²) in [5.74, 6) is 2.13. The van der Waals surface area contributed by atoms with Crippen LogP contribution in [0, 0.1) is 13.8 Å². The molecular formula is C22H30N4O. The van der Waals surface area contributed by atoms with E-state index in [1.807, 2.05) is 17.9 Å². The van der Waals surface area contributed by atoms with E-state index in [1.54, 1.807) is 0 Å². The van der Waals surface area contributed by atoms with Crippen LogP contribution in [-0.4, -0.2) is 47.0 Å². The van der Waals surface area contributed by atoms with Gasteiger partial charge in [-0.1, -0.05) is 43.7 Å². The van der Waals surface area contributed by atoms with Crippen molar-refractivity contribution in [3.63, 3.8) is 0 Å². The summed E-state index contributed by atoms with van der Waals surface area (Å²) in [6, 6.07) is 10.5. The Morgan fingerprint density at radius 1 is 1.04 bits per heavy atom. The number of rotatable bonds is 6. The van der Waals surface area contributed by atoms with Gasteiger partial charge < -0.3 is 9.80 Å². The molecule has 27 heavy (non-hydrogen) atoms. The molecule has 1 aliphatic rings. The predicted octanol–water partition coefficient (Wildman–Crippen LogP) is 3.52. The first kappa shape index (κ1) is 19.3. The number of amides is 1. The molecule has 0 N–H and O–H groups in total. The molecule has 0 saturated carbocycles. The minimum absolute atomic E-state index is 0.288. The zero-order chi connectivity index (χ0) is 19.2.